The number of H-pyrrole nitrogens is 1. The number of rotatable bonds is 5. The molecule has 0 fully saturated rings. The monoisotopic (exact) mass is 429 g/mol. The van der Waals surface area contributed by atoms with E-state index >= 15 is 0 Å². The summed E-state index contributed by atoms with van der Waals surface area (Å²) < 4.78 is 12.7. The molecule has 0 spiro atoms. The number of hydrogen-bond donors (Lipinski definition) is 2. The van der Waals surface area contributed by atoms with Gasteiger partial charge in [-0.1, -0.05) is 24.3 Å². The fourth-order valence-corrected chi connectivity index (χ4v) is 3.80. The van der Waals surface area contributed by atoms with Crippen molar-refractivity contribution in [1.29, 1.82) is 0 Å². The molecule has 2 N–H and O–H groups in total. The Morgan fingerprint density at radius 1 is 1.09 bits per heavy atom. The summed E-state index contributed by atoms with van der Waals surface area (Å²) >= 11 is 0. The molecule has 0 bridgehead atoms. The summed E-state index contributed by atoms with van der Waals surface area (Å²) in [6, 6.07) is 15.5. The zero-order valence-electron chi connectivity index (χ0n) is 18.1. The van der Waals surface area contributed by atoms with Crippen LogP contribution in [0.15, 0.2) is 48.5 Å². The van der Waals surface area contributed by atoms with Gasteiger partial charge < -0.3 is 14.8 Å². The largest absolute Gasteiger partial charge is 0.454 e. The maximum absolute atomic E-state index is 12.9. The number of aromatic amines is 1. The lowest BCUT2D eigenvalue weighted by Gasteiger charge is -2.08. The molecule has 0 saturated heterocycles. The molecular weight excluding hydrogens is 406 g/mol. The van der Waals surface area contributed by atoms with Gasteiger partial charge in [-0.3, -0.25) is 14.6 Å². The van der Waals surface area contributed by atoms with Crippen LogP contribution in [0.5, 0.6) is 11.5 Å². The molecule has 2 aromatic carbocycles. The fourth-order valence-electron chi connectivity index (χ4n) is 3.80. The second kappa shape index (κ2) is 7.88. The van der Waals surface area contributed by atoms with E-state index in [0.717, 1.165) is 17.0 Å². The predicted octanol–water partition coefficient (Wildman–Crippen LogP) is 4.23. The molecule has 32 heavy (non-hydrogen) atoms. The molecule has 0 unspecified atom stereocenters. The summed E-state index contributed by atoms with van der Waals surface area (Å²) in [4.78, 5) is 12.9. The van der Waals surface area contributed by atoms with Crippen molar-refractivity contribution in [3.63, 3.8) is 0 Å². The predicted molar refractivity (Wildman–Crippen MR) is 120 cm³/mol. The maximum atomic E-state index is 12.9. The molecule has 162 valence electrons. The third kappa shape index (κ3) is 3.60. The number of carbonyl (C=O) groups is 1. The third-order valence-electron chi connectivity index (χ3n) is 5.69. The van der Waals surface area contributed by atoms with E-state index in [2.05, 4.69) is 39.7 Å². The highest BCUT2D eigenvalue weighted by molar-refractivity contribution is 6.04. The van der Waals surface area contributed by atoms with Gasteiger partial charge in [0.1, 0.15) is 5.69 Å². The Morgan fingerprint density at radius 2 is 1.91 bits per heavy atom. The van der Waals surface area contributed by atoms with Crippen molar-refractivity contribution >= 4 is 11.6 Å². The number of ether oxygens (including phenoxy) is 2. The average Bonchev–Trinajstić information content (AvgIpc) is 3.51. The summed E-state index contributed by atoms with van der Waals surface area (Å²) in [7, 11) is 0. The van der Waals surface area contributed by atoms with Crippen LogP contribution in [0.3, 0.4) is 0 Å². The quantitative estimate of drug-likeness (QED) is 0.495. The molecule has 0 saturated carbocycles. The van der Waals surface area contributed by atoms with Gasteiger partial charge in [0.2, 0.25) is 6.79 Å². The van der Waals surface area contributed by atoms with Gasteiger partial charge in [0, 0.05) is 5.56 Å². The molecule has 0 aliphatic carbocycles. The van der Waals surface area contributed by atoms with E-state index in [4.69, 9.17) is 9.47 Å². The summed E-state index contributed by atoms with van der Waals surface area (Å²) in [5.41, 5.74) is 6.62. The molecule has 1 aliphatic heterocycles. The topological polar surface area (TPSA) is 94.1 Å². The Kier molecular flexibility index (Phi) is 4.89. The Morgan fingerprint density at radius 3 is 2.75 bits per heavy atom. The van der Waals surface area contributed by atoms with Crippen LogP contribution >= 0.6 is 0 Å². The lowest BCUT2D eigenvalue weighted by Crippen LogP contribution is -2.14. The first-order valence-corrected chi connectivity index (χ1v) is 10.3. The first-order valence-electron chi connectivity index (χ1n) is 10.3. The lowest BCUT2D eigenvalue weighted by atomic mass is 10.1. The third-order valence-corrected chi connectivity index (χ3v) is 5.69. The van der Waals surface area contributed by atoms with E-state index in [1.165, 1.54) is 11.1 Å². The number of nitrogens with zero attached hydrogens (tertiary/aromatic N) is 3. The SMILES string of the molecule is Cc1ccccc1Cn1nc(C)c(NC(=O)c2cc(-c3ccc4c(c3)OCO4)n[nH]2)c1C. The van der Waals surface area contributed by atoms with Crippen molar-refractivity contribution in [2.75, 3.05) is 12.1 Å². The van der Waals surface area contributed by atoms with Crippen molar-refractivity contribution in [3.8, 4) is 22.8 Å². The van der Waals surface area contributed by atoms with Crippen LogP contribution in [0.4, 0.5) is 5.69 Å². The van der Waals surface area contributed by atoms with Crippen LogP contribution in [0.2, 0.25) is 0 Å². The van der Waals surface area contributed by atoms with E-state index in [1.807, 2.05) is 48.9 Å². The second-order valence-electron chi connectivity index (χ2n) is 7.82. The molecule has 5 rings (SSSR count). The van der Waals surface area contributed by atoms with Gasteiger partial charge in [-0.15, -0.1) is 0 Å². The van der Waals surface area contributed by atoms with Crippen molar-refractivity contribution in [2.24, 2.45) is 0 Å². The zero-order chi connectivity index (χ0) is 22.2. The summed E-state index contributed by atoms with van der Waals surface area (Å²) in [6.07, 6.45) is 0. The number of carbonyl (C=O) groups excluding carboxylic acids is 1. The first-order chi connectivity index (χ1) is 15.5. The Labute approximate surface area is 185 Å². The number of anilines is 1. The van der Waals surface area contributed by atoms with Crippen LogP contribution in [0.1, 0.15) is 33.0 Å². The molecular formula is C24H23N5O3. The van der Waals surface area contributed by atoms with Gasteiger partial charge in [-0.05, 0) is 56.2 Å². The number of aryl methyl sites for hydroxylation is 2. The van der Waals surface area contributed by atoms with Crippen molar-refractivity contribution in [3.05, 3.63) is 76.7 Å². The van der Waals surface area contributed by atoms with Crippen molar-refractivity contribution in [2.45, 2.75) is 27.3 Å². The minimum absolute atomic E-state index is 0.212. The van der Waals surface area contributed by atoms with Crippen LogP contribution in [-0.2, 0) is 6.54 Å². The van der Waals surface area contributed by atoms with Crippen LogP contribution in [0.25, 0.3) is 11.3 Å². The zero-order valence-corrected chi connectivity index (χ0v) is 18.1. The summed E-state index contributed by atoms with van der Waals surface area (Å²) in [5.74, 6) is 1.10. The van der Waals surface area contributed by atoms with Crippen LogP contribution in [-0.4, -0.2) is 32.7 Å². The molecule has 8 heteroatoms. The molecule has 8 nitrogen and oxygen atoms in total. The highest BCUT2D eigenvalue weighted by atomic mass is 16.7. The normalized spacial score (nSPS) is 12.2. The first kappa shape index (κ1) is 19.9. The van der Waals surface area contributed by atoms with Gasteiger partial charge in [0.25, 0.3) is 5.91 Å². The highest BCUT2D eigenvalue weighted by Crippen LogP contribution is 2.35. The number of hydrogen-bond acceptors (Lipinski definition) is 5. The van der Waals surface area contributed by atoms with Crippen LogP contribution < -0.4 is 14.8 Å². The molecule has 0 radical (unpaired) electrons. The smallest absolute Gasteiger partial charge is 0.273 e. The Bertz CT molecular complexity index is 1320. The minimum Gasteiger partial charge on any atom is -0.454 e. The summed E-state index contributed by atoms with van der Waals surface area (Å²) in [5, 5.41) is 14.7. The second-order valence-corrected chi connectivity index (χ2v) is 7.82. The van der Waals surface area contributed by atoms with E-state index in [0.29, 0.717) is 35.1 Å². The number of fused-ring (bicyclic) bond motifs is 1. The van der Waals surface area contributed by atoms with Crippen molar-refractivity contribution < 1.29 is 14.3 Å². The molecule has 0 atom stereocenters. The number of amides is 1. The van der Waals surface area contributed by atoms with Gasteiger partial charge in [-0.25, -0.2) is 0 Å². The molecule has 3 heterocycles. The number of nitrogens with one attached hydrogen (secondary N) is 2. The Hall–Kier alpha value is -4.07. The summed E-state index contributed by atoms with van der Waals surface area (Å²) in [6.45, 7) is 6.79. The van der Waals surface area contributed by atoms with E-state index < -0.39 is 0 Å². The van der Waals surface area contributed by atoms with Crippen molar-refractivity contribution in [1.82, 2.24) is 20.0 Å². The lowest BCUT2D eigenvalue weighted by molar-refractivity contribution is 0.102. The minimum atomic E-state index is -0.272. The van der Waals surface area contributed by atoms with Gasteiger partial charge in [0.15, 0.2) is 11.5 Å². The van der Waals surface area contributed by atoms with Gasteiger partial charge in [-0.2, -0.15) is 10.2 Å². The number of aromatic nitrogens is 4. The van der Waals surface area contributed by atoms with Gasteiger partial charge in [0.05, 0.1) is 29.3 Å². The maximum Gasteiger partial charge on any atom is 0.273 e. The van der Waals surface area contributed by atoms with Crippen LogP contribution in [0, 0.1) is 20.8 Å². The highest BCUT2D eigenvalue weighted by Gasteiger charge is 2.19. The Balaban J connectivity index is 1.35. The molecule has 1 amide bonds. The van der Waals surface area contributed by atoms with E-state index in [9.17, 15) is 4.79 Å². The van der Waals surface area contributed by atoms with E-state index in [-0.39, 0.29) is 12.7 Å². The standard InChI is InChI=1S/C24H23N5O3/c1-14-6-4-5-7-18(14)12-29-16(3)23(15(2)28-29)25-24(30)20-11-19(26-27-20)17-8-9-21-22(10-17)32-13-31-21/h4-11H,12-13H2,1-3H3,(H,25,30)(H,26,27). The molecule has 4 aromatic rings. The number of benzene rings is 2. The van der Waals surface area contributed by atoms with E-state index in [1.54, 1.807) is 6.07 Å². The fraction of sp³-hybridized carbons (Fsp3) is 0.208. The molecule has 2 aromatic heterocycles. The van der Waals surface area contributed by atoms with Gasteiger partial charge >= 0.3 is 0 Å². The average molecular weight is 429 g/mol. The molecule has 1 aliphatic rings.